The Kier molecular flexibility index (Phi) is 6.09. The molecule has 138 valence electrons. The summed E-state index contributed by atoms with van der Waals surface area (Å²) in [5.74, 6) is 0.835. The van der Waals surface area contributed by atoms with Crippen molar-refractivity contribution in [1.29, 1.82) is 0 Å². The van der Waals surface area contributed by atoms with Crippen LogP contribution in [0.2, 0.25) is 0 Å². The highest BCUT2D eigenvalue weighted by Crippen LogP contribution is 2.25. The molecule has 0 radical (unpaired) electrons. The molecule has 0 amide bonds. The molecule has 3 nitrogen and oxygen atoms in total. The molecule has 0 spiro atoms. The van der Waals surface area contributed by atoms with E-state index < -0.39 is 0 Å². The van der Waals surface area contributed by atoms with Crippen molar-refractivity contribution in [3.63, 3.8) is 0 Å². The quantitative estimate of drug-likeness (QED) is 0.585. The molecule has 0 fully saturated rings. The normalized spacial score (nSPS) is 11.5. The maximum Gasteiger partial charge on any atom is 0.171 e. The largest absolute Gasteiger partial charge is 0.497 e. The van der Waals surface area contributed by atoms with Crippen LogP contribution in [0.15, 0.2) is 72.8 Å². The van der Waals surface area contributed by atoms with Crippen LogP contribution in [0.4, 0.5) is 5.69 Å². The van der Waals surface area contributed by atoms with Crippen molar-refractivity contribution < 1.29 is 4.74 Å². The van der Waals surface area contributed by atoms with Crippen LogP contribution < -0.4 is 15.4 Å². The predicted molar refractivity (Wildman–Crippen MR) is 117 cm³/mol. The van der Waals surface area contributed by atoms with E-state index in [0.29, 0.717) is 5.11 Å². The number of benzene rings is 3. The summed E-state index contributed by atoms with van der Waals surface area (Å²) in [6.45, 7) is 4.19. The molecule has 0 saturated heterocycles. The van der Waals surface area contributed by atoms with Crippen molar-refractivity contribution in [3.05, 3.63) is 95.1 Å². The molecule has 0 aliphatic carbocycles. The van der Waals surface area contributed by atoms with Crippen molar-refractivity contribution in [2.24, 2.45) is 0 Å². The van der Waals surface area contributed by atoms with Crippen LogP contribution in [0.5, 0.6) is 5.75 Å². The minimum atomic E-state index is -0.0535. The summed E-state index contributed by atoms with van der Waals surface area (Å²) in [7, 11) is 1.67. The summed E-state index contributed by atoms with van der Waals surface area (Å²) in [5, 5.41) is 7.39. The molecule has 1 atom stereocenters. The second-order valence-electron chi connectivity index (χ2n) is 6.46. The Morgan fingerprint density at radius 3 is 2.19 bits per heavy atom. The third kappa shape index (κ3) is 4.66. The lowest BCUT2D eigenvalue weighted by Gasteiger charge is -2.23. The van der Waals surface area contributed by atoms with Gasteiger partial charge in [-0.25, -0.2) is 0 Å². The smallest absolute Gasteiger partial charge is 0.171 e. The van der Waals surface area contributed by atoms with Crippen LogP contribution in [0.25, 0.3) is 0 Å². The number of hydrogen-bond donors (Lipinski definition) is 2. The lowest BCUT2D eigenvalue weighted by Crippen LogP contribution is -2.33. The van der Waals surface area contributed by atoms with Gasteiger partial charge in [0.2, 0.25) is 0 Å². The van der Waals surface area contributed by atoms with Crippen LogP contribution in [0.3, 0.4) is 0 Å². The Bertz CT molecular complexity index is 907. The topological polar surface area (TPSA) is 33.3 Å². The summed E-state index contributed by atoms with van der Waals surface area (Å²) in [5.41, 5.74) is 5.72. The van der Waals surface area contributed by atoms with Crippen molar-refractivity contribution >= 4 is 23.0 Å². The summed E-state index contributed by atoms with van der Waals surface area (Å²) in [6, 6.07) is 24.5. The molecular weight excluding hydrogens is 352 g/mol. The molecule has 0 aromatic heterocycles. The molecule has 27 heavy (non-hydrogen) atoms. The molecule has 3 rings (SSSR count). The lowest BCUT2D eigenvalue weighted by molar-refractivity contribution is 0.414. The first-order chi connectivity index (χ1) is 13.1. The molecule has 0 heterocycles. The van der Waals surface area contributed by atoms with E-state index in [1.807, 2.05) is 42.5 Å². The molecule has 0 aliphatic rings. The van der Waals surface area contributed by atoms with Crippen molar-refractivity contribution in [2.45, 2.75) is 19.9 Å². The van der Waals surface area contributed by atoms with E-state index >= 15 is 0 Å². The first-order valence-electron chi connectivity index (χ1n) is 8.91. The summed E-state index contributed by atoms with van der Waals surface area (Å²) in [4.78, 5) is 0. The van der Waals surface area contributed by atoms with Gasteiger partial charge in [0.05, 0.1) is 13.2 Å². The Hall–Kier alpha value is -2.85. The van der Waals surface area contributed by atoms with E-state index in [1.54, 1.807) is 7.11 Å². The molecule has 0 unspecified atom stereocenters. The standard InChI is InChI=1S/C23H24N2OS/c1-16-8-7-11-21(17(16)2)24-23(27)25-22(18-9-5-4-6-10-18)19-12-14-20(26-3)15-13-19/h4-15,22H,1-3H3,(H2,24,25,27)/t22-/m1/s1. The van der Waals surface area contributed by atoms with E-state index in [4.69, 9.17) is 17.0 Å². The van der Waals surface area contributed by atoms with Gasteiger partial charge in [0, 0.05) is 5.69 Å². The number of anilines is 1. The molecule has 3 aromatic rings. The van der Waals surface area contributed by atoms with Gasteiger partial charge in [-0.15, -0.1) is 0 Å². The zero-order valence-electron chi connectivity index (χ0n) is 15.8. The first kappa shape index (κ1) is 18.9. The number of ether oxygens (including phenoxy) is 1. The van der Waals surface area contributed by atoms with E-state index in [1.165, 1.54) is 11.1 Å². The summed E-state index contributed by atoms with van der Waals surface area (Å²) in [6.07, 6.45) is 0. The fraction of sp³-hybridized carbons (Fsp3) is 0.174. The molecule has 0 aliphatic heterocycles. The second kappa shape index (κ2) is 8.69. The summed E-state index contributed by atoms with van der Waals surface area (Å²) >= 11 is 5.62. The van der Waals surface area contributed by atoms with E-state index in [-0.39, 0.29) is 6.04 Å². The average molecular weight is 377 g/mol. The van der Waals surface area contributed by atoms with Crippen LogP contribution in [0, 0.1) is 13.8 Å². The number of nitrogens with one attached hydrogen (secondary N) is 2. The number of thiocarbonyl (C=S) groups is 1. The van der Waals surface area contributed by atoms with Crippen LogP contribution in [-0.4, -0.2) is 12.2 Å². The van der Waals surface area contributed by atoms with Gasteiger partial charge in [-0.3, -0.25) is 0 Å². The fourth-order valence-corrected chi connectivity index (χ4v) is 3.20. The molecule has 0 saturated carbocycles. The minimum absolute atomic E-state index is 0.0535. The van der Waals surface area contributed by atoms with Gasteiger partial charge < -0.3 is 15.4 Å². The lowest BCUT2D eigenvalue weighted by atomic mass is 9.99. The van der Waals surface area contributed by atoms with Crippen molar-refractivity contribution in [2.75, 3.05) is 12.4 Å². The minimum Gasteiger partial charge on any atom is -0.497 e. The van der Waals surface area contributed by atoms with Gasteiger partial charge in [0.25, 0.3) is 0 Å². The van der Waals surface area contributed by atoms with E-state index in [9.17, 15) is 0 Å². The zero-order valence-corrected chi connectivity index (χ0v) is 16.6. The van der Waals surface area contributed by atoms with Gasteiger partial charge in [-0.05, 0) is 66.5 Å². The van der Waals surface area contributed by atoms with Crippen LogP contribution >= 0.6 is 12.2 Å². The monoisotopic (exact) mass is 376 g/mol. The highest BCUT2D eigenvalue weighted by Gasteiger charge is 2.16. The van der Waals surface area contributed by atoms with Crippen LogP contribution in [0.1, 0.15) is 28.3 Å². The Morgan fingerprint density at radius 2 is 1.52 bits per heavy atom. The highest BCUT2D eigenvalue weighted by atomic mass is 32.1. The number of rotatable bonds is 5. The third-order valence-corrected chi connectivity index (χ3v) is 4.93. The van der Waals surface area contributed by atoms with Gasteiger partial charge in [0.15, 0.2) is 5.11 Å². The molecular formula is C23H24N2OS. The van der Waals surface area contributed by atoms with Gasteiger partial charge in [-0.2, -0.15) is 0 Å². The maximum atomic E-state index is 5.62. The van der Waals surface area contributed by atoms with E-state index in [2.05, 4.69) is 54.8 Å². The molecule has 0 bridgehead atoms. The molecule has 2 N–H and O–H groups in total. The third-order valence-electron chi connectivity index (χ3n) is 4.71. The SMILES string of the molecule is COc1ccc([C@H](NC(=S)Nc2cccc(C)c2C)c2ccccc2)cc1. The maximum absolute atomic E-state index is 5.62. The number of methoxy groups -OCH3 is 1. The van der Waals surface area contributed by atoms with E-state index in [0.717, 1.165) is 22.6 Å². The second-order valence-corrected chi connectivity index (χ2v) is 6.87. The van der Waals surface area contributed by atoms with Crippen molar-refractivity contribution in [1.82, 2.24) is 5.32 Å². The Balaban J connectivity index is 1.84. The highest BCUT2D eigenvalue weighted by molar-refractivity contribution is 7.80. The first-order valence-corrected chi connectivity index (χ1v) is 9.32. The number of aryl methyl sites for hydroxylation is 1. The Morgan fingerprint density at radius 1 is 0.852 bits per heavy atom. The average Bonchev–Trinajstić information content (AvgIpc) is 2.70. The van der Waals surface area contributed by atoms with Crippen molar-refractivity contribution in [3.8, 4) is 5.75 Å². The fourth-order valence-electron chi connectivity index (χ4n) is 2.98. The van der Waals surface area contributed by atoms with Crippen LogP contribution in [-0.2, 0) is 0 Å². The zero-order chi connectivity index (χ0) is 19.2. The number of hydrogen-bond acceptors (Lipinski definition) is 2. The summed E-state index contributed by atoms with van der Waals surface area (Å²) < 4.78 is 5.28. The predicted octanol–water partition coefficient (Wildman–Crippen LogP) is 5.39. The molecule has 3 aromatic carbocycles. The van der Waals surface area contributed by atoms with Gasteiger partial charge >= 0.3 is 0 Å². The van der Waals surface area contributed by atoms with Gasteiger partial charge in [0.1, 0.15) is 5.75 Å². The molecule has 4 heteroatoms. The Labute approximate surface area is 166 Å². The van der Waals surface area contributed by atoms with Gasteiger partial charge in [-0.1, -0.05) is 54.6 Å².